The van der Waals surface area contributed by atoms with E-state index < -0.39 is 5.92 Å². The van der Waals surface area contributed by atoms with Crippen LogP contribution in [-0.2, 0) is 4.79 Å². The van der Waals surface area contributed by atoms with Gasteiger partial charge in [0.15, 0.2) is 0 Å². The lowest BCUT2D eigenvalue weighted by atomic mass is 10.00. The van der Waals surface area contributed by atoms with Gasteiger partial charge in [-0.2, -0.15) is 17.0 Å². The number of nitrogens with one attached hydrogen (secondary N) is 1. The Hall–Kier alpha value is -1.47. The third kappa shape index (κ3) is 4.80. The Kier molecular flexibility index (Phi) is 6.97. The van der Waals surface area contributed by atoms with Crippen molar-refractivity contribution in [3.63, 3.8) is 0 Å². The Labute approximate surface area is 113 Å². The van der Waals surface area contributed by atoms with Gasteiger partial charge >= 0.3 is 0 Å². The third-order valence-electron chi connectivity index (χ3n) is 2.60. The molecule has 0 heterocycles. The Morgan fingerprint density at radius 2 is 2.11 bits per heavy atom. The van der Waals surface area contributed by atoms with Crippen molar-refractivity contribution in [3.8, 4) is 6.07 Å². The van der Waals surface area contributed by atoms with Gasteiger partial charge in [-0.1, -0.05) is 30.3 Å². The van der Waals surface area contributed by atoms with Gasteiger partial charge < -0.3 is 5.32 Å². The van der Waals surface area contributed by atoms with E-state index in [0.717, 1.165) is 24.2 Å². The van der Waals surface area contributed by atoms with Gasteiger partial charge in [-0.3, -0.25) is 4.79 Å². The summed E-state index contributed by atoms with van der Waals surface area (Å²) in [7, 11) is 0. The number of nitriles is 1. The van der Waals surface area contributed by atoms with Gasteiger partial charge in [0, 0.05) is 6.54 Å². The van der Waals surface area contributed by atoms with Crippen LogP contribution in [0.15, 0.2) is 30.3 Å². The minimum atomic E-state index is -0.702. The maximum absolute atomic E-state index is 11.9. The van der Waals surface area contributed by atoms with Crippen molar-refractivity contribution < 1.29 is 4.79 Å². The lowest BCUT2D eigenvalue weighted by Gasteiger charge is -2.10. The van der Waals surface area contributed by atoms with E-state index in [4.69, 9.17) is 5.26 Å². The van der Waals surface area contributed by atoms with Gasteiger partial charge in [0.2, 0.25) is 5.91 Å². The highest BCUT2D eigenvalue weighted by Gasteiger charge is 2.18. The van der Waals surface area contributed by atoms with Crippen LogP contribution in [0.4, 0.5) is 0 Å². The molecule has 1 rings (SSSR count). The zero-order valence-corrected chi connectivity index (χ0v) is 11.4. The van der Waals surface area contributed by atoms with E-state index in [0.29, 0.717) is 6.54 Å². The Morgan fingerprint density at radius 1 is 1.39 bits per heavy atom. The summed E-state index contributed by atoms with van der Waals surface area (Å²) in [5.41, 5.74) is 0.751. The molecular formula is C14H18N2OS. The summed E-state index contributed by atoms with van der Waals surface area (Å²) in [5, 5.41) is 11.9. The minimum Gasteiger partial charge on any atom is -0.355 e. The van der Waals surface area contributed by atoms with Gasteiger partial charge in [0.25, 0.3) is 0 Å². The maximum Gasteiger partial charge on any atom is 0.241 e. The Bertz CT molecular complexity index is 400. The van der Waals surface area contributed by atoms with Crippen LogP contribution in [0.3, 0.4) is 0 Å². The Balaban J connectivity index is 2.42. The highest BCUT2D eigenvalue weighted by Crippen LogP contribution is 2.14. The topological polar surface area (TPSA) is 52.9 Å². The molecule has 1 atom stereocenters. The molecule has 0 aromatic heterocycles. The number of thioether (sulfide) groups is 1. The molecule has 1 aromatic carbocycles. The van der Waals surface area contributed by atoms with E-state index in [1.54, 1.807) is 23.9 Å². The molecular weight excluding hydrogens is 244 g/mol. The van der Waals surface area contributed by atoms with Crippen molar-refractivity contribution in [2.24, 2.45) is 0 Å². The number of nitrogens with zero attached hydrogens (tertiary/aromatic N) is 1. The molecule has 18 heavy (non-hydrogen) atoms. The van der Waals surface area contributed by atoms with Crippen LogP contribution in [0.5, 0.6) is 0 Å². The average Bonchev–Trinajstić information content (AvgIpc) is 2.40. The second kappa shape index (κ2) is 8.60. The number of hydrogen-bond donors (Lipinski definition) is 1. The maximum atomic E-state index is 11.9. The molecule has 0 bridgehead atoms. The van der Waals surface area contributed by atoms with Crippen molar-refractivity contribution in [1.82, 2.24) is 5.32 Å². The highest BCUT2D eigenvalue weighted by molar-refractivity contribution is 7.98. The van der Waals surface area contributed by atoms with E-state index in [9.17, 15) is 4.79 Å². The van der Waals surface area contributed by atoms with Crippen LogP contribution in [-0.4, -0.2) is 24.5 Å². The van der Waals surface area contributed by atoms with Crippen molar-refractivity contribution >= 4 is 17.7 Å². The number of unbranched alkanes of at least 4 members (excludes halogenated alkanes) is 1. The Morgan fingerprint density at radius 3 is 2.72 bits per heavy atom. The smallest absolute Gasteiger partial charge is 0.241 e. The number of amides is 1. The summed E-state index contributed by atoms with van der Waals surface area (Å²) in [6.07, 6.45) is 4.11. The first-order valence-electron chi connectivity index (χ1n) is 6.00. The predicted molar refractivity (Wildman–Crippen MR) is 75.4 cm³/mol. The summed E-state index contributed by atoms with van der Waals surface area (Å²) < 4.78 is 0. The van der Waals surface area contributed by atoms with Gasteiger partial charge in [0.1, 0.15) is 5.92 Å². The molecule has 0 spiro atoms. The fourth-order valence-corrected chi connectivity index (χ4v) is 2.11. The van der Waals surface area contributed by atoms with E-state index in [-0.39, 0.29) is 5.91 Å². The summed E-state index contributed by atoms with van der Waals surface area (Å²) in [6.45, 7) is 0.643. The van der Waals surface area contributed by atoms with Crippen LogP contribution in [0, 0.1) is 11.3 Å². The predicted octanol–water partition coefficient (Wildman–Crippen LogP) is 2.55. The lowest BCUT2D eigenvalue weighted by Crippen LogP contribution is -2.29. The van der Waals surface area contributed by atoms with Crippen LogP contribution in [0.1, 0.15) is 24.3 Å². The van der Waals surface area contributed by atoms with Crippen molar-refractivity contribution in [2.75, 3.05) is 18.6 Å². The molecule has 0 saturated heterocycles. The normalized spacial score (nSPS) is 11.6. The zero-order valence-electron chi connectivity index (χ0n) is 10.6. The molecule has 0 aliphatic rings. The largest absolute Gasteiger partial charge is 0.355 e. The second-order valence-corrected chi connectivity index (χ2v) is 4.95. The van der Waals surface area contributed by atoms with Crippen molar-refractivity contribution in [2.45, 2.75) is 18.8 Å². The highest BCUT2D eigenvalue weighted by atomic mass is 32.2. The summed E-state index contributed by atoms with van der Waals surface area (Å²) in [5.74, 6) is 0.204. The molecule has 0 saturated carbocycles. The molecule has 1 unspecified atom stereocenters. The molecule has 1 aromatic rings. The fourth-order valence-electron chi connectivity index (χ4n) is 1.62. The van der Waals surface area contributed by atoms with Crippen LogP contribution in [0.25, 0.3) is 0 Å². The van der Waals surface area contributed by atoms with Gasteiger partial charge in [-0.15, -0.1) is 0 Å². The molecule has 0 aliphatic heterocycles. The second-order valence-electron chi connectivity index (χ2n) is 3.96. The van der Waals surface area contributed by atoms with Crippen LogP contribution < -0.4 is 5.32 Å². The van der Waals surface area contributed by atoms with Gasteiger partial charge in [-0.25, -0.2) is 0 Å². The standard InChI is InChI=1S/C14H18N2OS/c1-18-10-6-5-9-16-14(17)13(11-15)12-7-3-2-4-8-12/h2-4,7-8,13H,5-6,9-10H2,1H3,(H,16,17). The number of carbonyl (C=O) groups is 1. The van der Waals surface area contributed by atoms with Crippen LogP contribution >= 0.6 is 11.8 Å². The lowest BCUT2D eigenvalue weighted by molar-refractivity contribution is -0.121. The third-order valence-corrected chi connectivity index (χ3v) is 3.30. The molecule has 4 heteroatoms. The van der Waals surface area contributed by atoms with E-state index in [2.05, 4.69) is 17.6 Å². The molecule has 0 radical (unpaired) electrons. The van der Waals surface area contributed by atoms with Crippen LogP contribution in [0.2, 0.25) is 0 Å². The number of benzene rings is 1. The summed E-state index contributed by atoms with van der Waals surface area (Å²) >= 11 is 1.80. The van der Waals surface area contributed by atoms with E-state index in [1.807, 2.05) is 18.2 Å². The average molecular weight is 262 g/mol. The zero-order chi connectivity index (χ0) is 13.2. The monoisotopic (exact) mass is 262 g/mol. The van der Waals surface area contributed by atoms with E-state index in [1.165, 1.54) is 0 Å². The number of hydrogen-bond acceptors (Lipinski definition) is 3. The first-order valence-corrected chi connectivity index (χ1v) is 7.40. The molecule has 0 fully saturated rings. The minimum absolute atomic E-state index is 0.201. The molecule has 1 amide bonds. The molecule has 3 nitrogen and oxygen atoms in total. The van der Waals surface area contributed by atoms with E-state index >= 15 is 0 Å². The molecule has 0 aliphatic carbocycles. The van der Waals surface area contributed by atoms with Gasteiger partial charge in [0.05, 0.1) is 6.07 Å². The number of rotatable bonds is 7. The van der Waals surface area contributed by atoms with Gasteiger partial charge in [-0.05, 0) is 30.4 Å². The number of carbonyl (C=O) groups excluding carboxylic acids is 1. The fraction of sp³-hybridized carbons (Fsp3) is 0.429. The SMILES string of the molecule is CSCCCCNC(=O)C(C#N)c1ccccc1. The molecule has 1 N–H and O–H groups in total. The summed E-state index contributed by atoms with van der Waals surface area (Å²) in [6, 6.07) is 11.2. The van der Waals surface area contributed by atoms with Crippen molar-refractivity contribution in [1.29, 1.82) is 5.26 Å². The summed E-state index contributed by atoms with van der Waals surface area (Å²) in [4.78, 5) is 11.9. The first-order chi connectivity index (χ1) is 8.79. The first kappa shape index (κ1) is 14.6. The quantitative estimate of drug-likeness (QED) is 0.768. The van der Waals surface area contributed by atoms with Crippen molar-refractivity contribution in [3.05, 3.63) is 35.9 Å². The molecule has 96 valence electrons.